The third kappa shape index (κ3) is 5.63. The smallest absolute Gasteiger partial charge is 0.249 e. The first kappa shape index (κ1) is 28.6. The van der Waals surface area contributed by atoms with E-state index in [2.05, 4.69) is 67.1 Å². The molecule has 13 nitrogen and oxygen atoms in total. The zero-order chi connectivity index (χ0) is 29.5. The summed E-state index contributed by atoms with van der Waals surface area (Å²) >= 11 is 0. The normalized spacial score (nSPS) is 33.5. The molecule has 4 N–H and O–H groups in total. The lowest BCUT2D eigenvalue weighted by Crippen LogP contribution is -2.72. The number of hydrogen-bond acceptors (Lipinski definition) is 11. The van der Waals surface area contributed by atoms with Gasteiger partial charge in [0.05, 0.1) is 38.0 Å². The lowest BCUT2D eigenvalue weighted by atomic mass is 9.99. The molecule has 2 amide bonds. The molecule has 0 aromatic heterocycles. The fourth-order valence-corrected chi connectivity index (χ4v) is 7.23. The number of anilines is 2. The van der Waals surface area contributed by atoms with Gasteiger partial charge in [-0.25, -0.2) is 0 Å². The Hall–Kier alpha value is -3.12. The van der Waals surface area contributed by atoms with Gasteiger partial charge < -0.3 is 29.5 Å². The number of nitrogens with one attached hydrogen (secondary N) is 4. The van der Waals surface area contributed by atoms with Gasteiger partial charge in [0.15, 0.2) is 0 Å². The number of nitrogens with zero attached hydrogens (tertiary/aromatic N) is 5. The first-order valence-electron chi connectivity index (χ1n) is 15.6. The molecule has 5 saturated heterocycles. The number of carbonyl (C=O) groups excluding carboxylic acids is 2. The summed E-state index contributed by atoms with van der Waals surface area (Å²) in [5, 5.41) is 18.5. The molecule has 0 aliphatic carbocycles. The topological polar surface area (TPSA) is 117 Å². The first-order valence-corrected chi connectivity index (χ1v) is 15.6. The van der Waals surface area contributed by atoms with Crippen LogP contribution < -0.4 is 30.9 Å². The molecule has 0 spiro atoms. The van der Waals surface area contributed by atoms with Crippen molar-refractivity contribution in [1.82, 2.24) is 35.8 Å². The van der Waals surface area contributed by atoms with Crippen LogP contribution in [-0.4, -0.2) is 129 Å². The monoisotopic (exact) mass is 593 g/mol. The molecule has 0 radical (unpaired) electrons. The third-order valence-corrected chi connectivity index (χ3v) is 9.59. The van der Waals surface area contributed by atoms with Crippen molar-refractivity contribution in [2.75, 3.05) is 76.8 Å². The van der Waals surface area contributed by atoms with Crippen molar-refractivity contribution >= 4 is 23.2 Å². The number of piperazine rings is 1. The highest BCUT2D eigenvalue weighted by molar-refractivity contribution is 5.82. The van der Waals surface area contributed by atoms with E-state index in [4.69, 9.17) is 9.47 Å². The summed E-state index contributed by atoms with van der Waals surface area (Å²) in [6, 6.07) is 6.26. The van der Waals surface area contributed by atoms with Gasteiger partial charge in [-0.2, -0.15) is 5.01 Å². The van der Waals surface area contributed by atoms with Gasteiger partial charge in [0.25, 0.3) is 0 Å². The molecule has 6 aliphatic heterocycles. The summed E-state index contributed by atoms with van der Waals surface area (Å²) in [6.07, 6.45) is 2.15. The Kier molecular flexibility index (Phi) is 8.06. The molecule has 5 fully saturated rings. The number of piperidine rings is 1. The zero-order valence-electron chi connectivity index (χ0n) is 25.1. The Balaban J connectivity index is 1.12. The van der Waals surface area contributed by atoms with E-state index in [1.165, 1.54) is 0 Å². The molecule has 2 bridgehead atoms. The summed E-state index contributed by atoms with van der Waals surface area (Å²) in [7, 11) is 3.85. The van der Waals surface area contributed by atoms with Gasteiger partial charge in [0, 0.05) is 69.2 Å². The summed E-state index contributed by atoms with van der Waals surface area (Å²) in [4.78, 5) is 33.3. The van der Waals surface area contributed by atoms with E-state index in [0.29, 0.717) is 26.1 Å². The Bertz CT molecular complexity index is 1280. The van der Waals surface area contributed by atoms with Crippen LogP contribution in [0, 0.1) is 17.8 Å². The van der Waals surface area contributed by atoms with Gasteiger partial charge in [0.1, 0.15) is 24.8 Å². The number of morpholine rings is 1. The van der Waals surface area contributed by atoms with E-state index >= 15 is 0 Å². The van der Waals surface area contributed by atoms with E-state index < -0.39 is 0 Å². The average Bonchev–Trinajstić information content (AvgIpc) is 3.29. The number of amides is 2. The van der Waals surface area contributed by atoms with Crippen LogP contribution in [0.2, 0.25) is 0 Å². The molecular weight excluding hydrogens is 550 g/mol. The largest absolute Gasteiger partial charge is 0.497 e. The molecule has 7 rings (SSSR count). The molecule has 6 aliphatic rings. The third-order valence-electron chi connectivity index (χ3n) is 9.59. The standard InChI is InChI=1S/C30H43N9O4/c1-35-11-13-36(14-12-35)21-15-20(16-22(17-21)42-2)32-30-31-18-23-27(34-30)39-25-8-7-24-28(33-25)37(26(40)19-43-24)9-5-3-4-6-10-38(39)29(23)41/h15-17,23-25,27-28,30-34H,3,5,7-14,18-19H2,1-2H3. The molecule has 1 aromatic carbocycles. The van der Waals surface area contributed by atoms with Gasteiger partial charge in [0.2, 0.25) is 11.8 Å². The number of hydrogen-bond donors (Lipinski definition) is 4. The summed E-state index contributed by atoms with van der Waals surface area (Å²) in [5.74, 6) is 7.06. The van der Waals surface area contributed by atoms with Crippen molar-refractivity contribution in [1.29, 1.82) is 0 Å². The fraction of sp³-hybridized carbons (Fsp3) is 0.667. The number of methoxy groups -OCH3 is 1. The number of rotatable bonds is 4. The number of carbonyl (C=O) groups is 2. The van der Waals surface area contributed by atoms with E-state index in [1.54, 1.807) is 7.11 Å². The van der Waals surface area contributed by atoms with Crippen molar-refractivity contribution in [3.8, 4) is 17.6 Å². The fourth-order valence-electron chi connectivity index (χ4n) is 7.23. The summed E-state index contributed by atoms with van der Waals surface area (Å²) < 4.78 is 11.6. The Labute approximate surface area is 253 Å². The highest BCUT2D eigenvalue weighted by atomic mass is 16.5. The molecule has 13 heteroatoms. The van der Waals surface area contributed by atoms with Crippen molar-refractivity contribution in [2.45, 2.75) is 56.6 Å². The van der Waals surface area contributed by atoms with E-state index in [1.807, 2.05) is 16.0 Å². The number of hydrazine groups is 1. The minimum Gasteiger partial charge on any atom is -0.497 e. The quantitative estimate of drug-likeness (QED) is 0.336. The zero-order valence-corrected chi connectivity index (χ0v) is 25.1. The predicted octanol–water partition coefficient (Wildman–Crippen LogP) is -0.603. The van der Waals surface area contributed by atoms with Crippen molar-refractivity contribution in [3.63, 3.8) is 0 Å². The van der Waals surface area contributed by atoms with Crippen LogP contribution in [0.25, 0.3) is 0 Å². The molecule has 1 aromatic rings. The minimum absolute atomic E-state index is 0.00476. The highest BCUT2D eigenvalue weighted by Crippen LogP contribution is 2.34. The lowest BCUT2D eigenvalue weighted by Gasteiger charge is -2.50. The lowest BCUT2D eigenvalue weighted by molar-refractivity contribution is -0.176. The van der Waals surface area contributed by atoms with Gasteiger partial charge >= 0.3 is 0 Å². The van der Waals surface area contributed by atoms with Gasteiger partial charge in [-0.1, -0.05) is 5.92 Å². The van der Waals surface area contributed by atoms with Crippen LogP contribution in [0.3, 0.4) is 0 Å². The minimum atomic E-state index is -0.277. The maximum atomic E-state index is 13.8. The molecule has 6 heterocycles. The van der Waals surface area contributed by atoms with Crippen LogP contribution in [-0.2, 0) is 14.3 Å². The molecule has 6 atom stereocenters. The van der Waals surface area contributed by atoms with Crippen molar-refractivity contribution in [3.05, 3.63) is 18.2 Å². The number of likely N-dealkylation sites (N-methyl/N-ethyl adjacent to an activating group) is 1. The second-order valence-corrected chi connectivity index (χ2v) is 12.3. The molecule has 43 heavy (non-hydrogen) atoms. The first-order chi connectivity index (χ1) is 21.0. The Morgan fingerprint density at radius 1 is 1.02 bits per heavy atom. The summed E-state index contributed by atoms with van der Waals surface area (Å²) in [5.41, 5.74) is 2.06. The second kappa shape index (κ2) is 12.1. The number of fused-ring (bicyclic) bond motifs is 5. The van der Waals surface area contributed by atoms with Gasteiger partial charge in [-0.3, -0.25) is 30.5 Å². The van der Waals surface area contributed by atoms with Crippen molar-refractivity contribution < 1.29 is 19.1 Å². The van der Waals surface area contributed by atoms with Crippen LogP contribution >= 0.6 is 0 Å². The number of benzene rings is 1. The van der Waals surface area contributed by atoms with Crippen LogP contribution in [0.15, 0.2) is 18.2 Å². The van der Waals surface area contributed by atoms with Crippen LogP contribution in [0.1, 0.15) is 25.7 Å². The highest BCUT2D eigenvalue weighted by Gasteiger charge is 2.53. The molecular formula is C30H43N9O4. The van der Waals surface area contributed by atoms with E-state index in [0.717, 1.165) is 62.6 Å². The van der Waals surface area contributed by atoms with Gasteiger partial charge in [-0.15, -0.1) is 5.92 Å². The van der Waals surface area contributed by atoms with Crippen molar-refractivity contribution in [2.24, 2.45) is 5.92 Å². The second-order valence-electron chi connectivity index (χ2n) is 12.3. The summed E-state index contributed by atoms with van der Waals surface area (Å²) in [6.45, 7) is 5.62. The maximum absolute atomic E-state index is 13.8. The predicted molar refractivity (Wildman–Crippen MR) is 160 cm³/mol. The number of ether oxygens (including phenoxy) is 2. The van der Waals surface area contributed by atoms with E-state index in [-0.39, 0.29) is 55.2 Å². The SMILES string of the molecule is COc1cc(NC2NCC3C(=O)N4CC#CCCCN5C(=O)COC6CCC(NC65)N4C3N2)cc(N2CCN(C)CC2)c1. The van der Waals surface area contributed by atoms with Gasteiger partial charge in [-0.05, 0) is 32.4 Å². The Morgan fingerprint density at radius 2 is 1.88 bits per heavy atom. The molecule has 232 valence electrons. The average molecular weight is 594 g/mol. The molecule has 6 unspecified atom stereocenters. The van der Waals surface area contributed by atoms with Crippen LogP contribution in [0.4, 0.5) is 11.4 Å². The van der Waals surface area contributed by atoms with E-state index in [9.17, 15) is 9.59 Å². The Morgan fingerprint density at radius 3 is 2.72 bits per heavy atom. The van der Waals surface area contributed by atoms with Crippen LogP contribution in [0.5, 0.6) is 5.75 Å². The maximum Gasteiger partial charge on any atom is 0.249 e. The molecule has 0 saturated carbocycles.